The normalized spacial score (nSPS) is 16.4. The Balaban J connectivity index is 0.000000294. The van der Waals surface area contributed by atoms with Crippen LogP contribution in [-0.4, -0.2) is 34.0 Å². The monoisotopic (exact) mass is 602 g/mol. The van der Waals surface area contributed by atoms with Gasteiger partial charge in [-0.3, -0.25) is 9.67 Å². The number of likely N-dealkylation sites (N-methyl/N-ethyl adjacent to an activating group) is 1. The molecule has 0 aromatic carbocycles. The second-order valence-electron chi connectivity index (χ2n) is 13.4. The second-order valence-corrected chi connectivity index (χ2v) is 13.4. The van der Waals surface area contributed by atoms with Gasteiger partial charge in [0.15, 0.2) is 0 Å². The van der Waals surface area contributed by atoms with E-state index in [1.165, 1.54) is 56.2 Å². The molecule has 0 spiro atoms. The van der Waals surface area contributed by atoms with Crippen molar-refractivity contribution in [1.29, 1.82) is 0 Å². The number of dihydropyridines is 1. The van der Waals surface area contributed by atoms with Crippen LogP contribution in [0.5, 0.6) is 0 Å². The molecule has 0 fully saturated rings. The lowest BCUT2D eigenvalue weighted by molar-refractivity contribution is 0.515. The Hall–Kier alpha value is -3.34. The van der Waals surface area contributed by atoms with Gasteiger partial charge in [0.1, 0.15) is 0 Å². The Morgan fingerprint density at radius 2 is 1.39 bits per heavy atom. The number of hydrogen-bond donors (Lipinski definition) is 1. The molecule has 0 unspecified atom stereocenters. The molecule has 4 rings (SSSR count). The summed E-state index contributed by atoms with van der Waals surface area (Å²) in [6, 6.07) is 0. The van der Waals surface area contributed by atoms with E-state index in [1.807, 2.05) is 17.9 Å². The van der Waals surface area contributed by atoms with Crippen LogP contribution in [0.1, 0.15) is 106 Å². The van der Waals surface area contributed by atoms with Gasteiger partial charge in [-0.05, 0) is 111 Å². The topological polar surface area (TPSA) is 45.4 Å². The molecule has 0 saturated heterocycles. The van der Waals surface area contributed by atoms with Crippen LogP contribution in [0, 0.1) is 31.6 Å². The Morgan fingerprint density at radius 3 is 1.73 bits per heavy atom. The van der Waals surface area contributed by atoms with E-state index in [0.717, 1.165) is 17.9 Å². The summed E-state index contributed by atoms with van der Waals surface area (Å²) in [5, 5.41) is 7.46. The summed E-state index contributed by atoms with van der Waals surface area (Å²) in [6.07, 6.45) is 8.36. The molecule has 3 aliphatic rings. The summed E-state index contributed by atoms with van der Waals surface area (Å²) in [7, 11) is 4.05. The predicted octanol–water partition coefficient (Wildman–Crippen LogP) is 10.1. The Morgan fingerprint density at radius 1 is 0.795 bits per heavy atom. The molecule has 1 N–H and O–H groups in total. The molecule has 1 aromatic rings. The predicted molar refractivity (Wildman–Crippen MR) is 195 cm³/mol. The number of nitrogens with zero attached hydrogens (tertiary/aromatic N) is 4. The fourth-order valence-corrected chi connectivity index (χ4v) is 5.98. The van der Waals surface area contributed by atoms with Crippen LogP contribution in [0.4, 0.5) is 0 Å². The number of rotatable bonds is 4. The van der Waals surface area contributed by atoms with Crippen LogP contribution in [0.15, 0.2) is 87.5 Å². The molecule has 4 heterocycles. The average Bonchev–Trinajstić information content (AvgIpc) is 3.38. The van der Waals surface area contributed by atoms with Gasteiger partial charge < -0.3 is 10.2 Å². The van der Waals surface area contributed by atoms with Crippen molar-refractivity contribution >= 4 is 5.71 Å². The quantitative estimate of drug-likeness (QED) is 0.373. The van der Waals surface area contributed by atoms with Gasteiger partial charge in [-0.2, -0.15) is 5.10 Å². The van der Waals surface area contributed by atoms with E-state index in [-0.39, 0.29) is 0 Å². The first-order valence-corrected chi connectivity index (χ1v) is 16.2. The molecule has 1 aromatic heterocycles. The largest absolute Gasteiger partial charge is 0.362 e. The minimum absolute atomic E-state index is 0.587. The fourth-order valence-electron chi connectivity index (χ4n) is 5.98. The van der Waals surface area contributed by atoms with Crippen LogP contribution >= 0.6 is 0 Å². The van der Waals surface area contributed by atoms with E-state index in [4.69, 9.17) is 0 Å². The van der Waals surface area contributed by atoms with E-state index in [0.29, 0.717) is 23.7 Å². The number of aryl methyl sites for hydroxylation is 2. The van der Waals surface area contributed by atoms with E-state index >= 15 is 0 Å². The van der Waals surface area contributed by atoms with Gasteiger partial charge in [-0.15, -0.1) is 0 Å². The molecule has 0 amide bonds. The van der Waals surface area contributed by atoms with Crippen molar-refractivity contribution in [3.05, 3.63) is 99.5 Å². The lowest BCUT2D eigenvalue weighted by atomic mass is 9.95. The lowest BCUT2D eigenvalue weighted by Gasteiger charge is -2.28. The molecular weight excluding hydrogens is 538 g/mol. The number of aliphatic imine (C=N–C) groups is 1. The van der Waals surface area contributed by atoms with Crippen molar-refractivity contribution in [2.45, 2.75) is 103 Å². The molecule has 0 atom stereocenters. The van der Waals surface area contributed by atoms with Crippen LogP contribution in [0.2, 0.25) is 0 Å². The highest BCUT2D eigenvalue weighted by atomic mass is 15.3. The smallest absolute Gasteiger partial charge is 0.0630 e. The summed E-state index contributed by atoms with van der Waals surface area (Å²) in [5.74, 6) is 2.42. The van der Waals surface area contributed by atoms with Crippen LogP contribution in [-0.2, 0) is 7.05 Å². The van der Waals surface area contributed by atoms with Crippen molar-refractivity contribution in [3.63, 3.8) is 0 Å². The van der Waals surface area contributed by atoms with Gasteiger partial charge in [0, 0.05) is 48.8 Å². The van der Waals surface area contributed by atoms with Crippen molar-refractivity contribution in [1.82, 2.24) is 20.0 Å². The summed E-state index contributed by atoms with van der Waals surface area (Å²) in [5.41, 5.74) is 15.5. The number of aromatic nitrogens is 2. The van der Waals surface area contributed by atoms with Crippen molar-refractivity contribution in [2.24, 2.45) is 29.8 Å². The van der Waals surface area contributed by atoms with Gasteiger partial charge in [0.25, 0.3) is 0 Å². The number of nitrogens with one attached hydrogen (secondary N) is 1. The molecule has 0 aliphatic carbocycles. The molecule has 3 aliphatic heterocycles. The zero-order valence-electron chi connectivity index (χ0n) is 31.0. The minimum Gasteiger partial charge on any atom is -0.362 e. The number of hydrogen-bond acceptors (Lipinski definition) is 4. The first-order valence-electron chi connectivity index (χ1n) is 16.2. The zero-order valence-corrected chi connectivity index (χ0v) is 31.0. The molecule has 5 heteroatoms. The fraction of sp³-hybridized carbons (Fsp3) is 0.538. The first kappa shape index (κ1) is 38.7. The van der Waals surface area contributed by atoms with E-state index in [9.17, 15) is 0 Å². The van der Waals surface area contributed by atoms with Gasteiger partial charge in [-0.25, -0.2) is 0 Å². The van der Waals surface area contributed by atoms with Gasteiger partial charge in [0.05, 0.1) is 12.2 Å². The van der Waals surface area contributed by atoms with Crippen molar-refractivity contribution in [3.8, 4) is 0 Å². The van der Waals surface area contributed by atoms with Crippen LogP contribution in [0.25, 0.3) is 0 Å². The molecule has 0 bridgehead atoms. The van der Waals surface area contributed by atoms with E-state index < -0.39 is 0 Å². The third-order valence-corrected chi connectivity index (χ3v) is 8.43. The summed E-state index contributed by atoms with van der Waals surface area (Å²) >= 11 is 0. The summed E-state index contributed by atoms with van der Waals surface area (Å²) < 4.78 is 1.95. The number of allylic oxidation sites excluding steroid dienone is 8. The minimum atomic E-state index is 0.587. The first-order chi connectivity index (χ1) is 20.3. The van der Waals surface area contributed by atoms with E-state index in [2.05, 4.69) is 156 Å². The standard InChI is InChI=1S/C11H17N.C10H15N.C9H16N2.C9H15N/c1-8(2)11-7-6-9(3)12(5)10(11)4;1-7(2)10-6-11-9(4)5-8(10)3;1-6(2)9-7(3)10-11(5)8(9)4;1-6(2)9-7(3)5-10-8(9)4/h6-8H,3H2,1-2,4-5H3;5-7,11H,4H2,1-3H3;6H,1-5H3;6H,5H2,1-4H3. The van der Waals surface area contributed by atoms with Gasteiger partial charge in [0.2, 0.25) is 0 Å². The molecule has 0 radical (unpaired) electrons. The summed E-state index contributed by atoms with van der Waals surface area (Å²) in [6.45, 7) is 39.1. The van der Waals surface area contributed by atoms with Crippen LogP contribution < -0.4 is 5.32 Å². The Labute approximate surface area is 271 Å². The molecule has 44 heavy (non-hydrogen) atoms. The zero-order chi connectivity index (χ0) is 34.0. The maximum atomic E-state index is 4.36. The highest BCUT2D eigenvalue weighted by Gasteiger charge is 2.15. The maximum absolute atomic E-state index is 4.36. The lowest BCUT2D eigenvalue weighted by Crippen LogP contribution is -2.19. The highest BCUT2D eigenvalue weighted by molar-refractivity contribution is 6.01. The maximum Gasteiger partial charge on any atom is 0.0630 e. The Bertz CT molecular complexity index is 1360. The van der Waals surface area contributed by atoms with Gasteiger partial charge in [-0.1, -0.05) is 74.6 Å². The molecular formula is C39H63N5. The molecule has 0 saturated carbocycles. The van der Waals surface area contributed by atoms with Crippen molar-refractivity contribution < 1.29 is 0 Å². The van der Waals surface area contributed by atoms with Crippen LogP contribution in [0.3, 0.4) is 0 Å². The van der Waals surface area contributed by atoms with E-state index in [1.54, 1.807) is 0 Å². The SMILES string of the molecule is C=C1C=C(C)C(C(C)C)=CN1.C=C1C=CC(C(C)C)=C(C)N1C.CC1=NCC(C)=C1C(C)C.Cc1nn(C)c(C)c1C(C)C. The van der Waals surface area contributed by atoms with Crippen molar-refractivity contribution in [2.75, 3.05) is 13.6 Å². The average molecular weight is 602 g/mol. The molecule has 244 valence electrons. The second kappa shape index (κ2) is 17.2. The Kier molecular flexibility index (Phi) is 15.1. The third kappa shape index (κ3) is 10.7. The third-order valence-electron chi connectivity index (χ3n) is 8.43. The summed E-state index contributed by atoms with van der Waals surface area (Å²) in [4.78, 5) is 6.50. The van der Waals surface area contributed by atoms with Gasteiger partial charge >= 0.3 is 0 Å². The highest BCUT2D eigenvalue weighted by Crippen LogP contribution is 2.26. The molecule has 5 nitrogen and oxygen atoms in total.